The van der Waals surface area contributed by atoms with Crippen LogP contribution in [0.4, 0.5) is 0 Å². The van der Waals surface area contributed by atoms with Crippen molar-refractivity contribution in [2.24, 2.45) is 0 Å². The highest BCUT2D eigenvalue weighted by Gasteiger charge is 2.37. The minimum absolute atomic E-state index is 0.0980. The maximum atomic E-state index is 13.0. The molecule has 0 radical (unpaired) electrons. The summed E-state index contributed by atoms with van der Waals surface area (Å²) in [4.78, 5) is 38.4. The monoisotopic (exact) mass is 396 g/mol. The van der Waals surface area contributed by atoms with Crippen LogP contribution in [0.25, 0.3) is 0 Å². The largest absolute Gasteiger partial charge is 0.508 e. The molecule has 0 unspecified atom stereocenters. The number of aromatic hydroxyl groups is 3. The van der Waals surface area contributed by atoms with E-state index in [1.165, 1.54) is 6.07 Å². The average molecular weight is 396 g/mol. The Labute approximate surface area is 166 Å². The van der Waals surface area contributed by atoms with Crippen molar-refractivity contribution in [2.45, 2.75) is 26.7 Å². The minimum atomic E-state index is -0.840. The Morgan fingerprint density at radius 1 is 1.03 bits per heavy atom. The number of phenols is 3. The molecular formula is C22H20O7. The third-order valence-corrected chi connectivity index (χ3v) is 5.10. The Morgan fingerprint density at radius 2 is 1.69 bits per heavy atom. The molecule has 2 aromatic rings. The van der Waals surface area contributed by atoms with Gasteiger partial charge in [0.15, 0.2) is 5.78 Å². The van der Waals surface area contributed by atoms with Crippen LogP contribution in [-0.2, 0) is 11.2 Å². The molecule has 0 amide bonds. The van der Waals surface area contributed by atoms with Crippen LogP contribution < -0.4 is 0 Å². The number of rotatable bonds is 4. The van der Waals surface area contributed by atoms with Crippen LogP contribution in [0.15, 0.2) is 29.8 Å². The second-order valence-corrected chi connectivity index (χ2v) is 6.70. The number of fused-ring (bicyclic) bond motifs is 2. The summed E-state index contributed by atoms with van der Waals surface area (Å²) in [5, 5.41) is 30.6. The minimum Gasteiger partial charge on any atom is -0.508 e. The van der Waals surface area contributed by atoms with Gasteiger partial charge in [-0.15, -0.1) is 0 Å². The van der Waals surface area contributed by atoms with Gasteiger partial charge in [0, 0.05) is 17.2 Å². The topological polar surface area (TPSA) is 121 Å². The zero-order valence-corrected chi connectivity index (χ0v) is 16.2. The summed E-state index contributed by atoms with van der Waals surface area (Å²) in [5.41, 5.74) is 0.142. The van der Waals surface area contributed by atoms with Gasteiger partial charge in [0.05, 0.1) is 18.2 Å². The first kappa shape index (κ1) is 20.1. The zero-order chi connectivity index (χ0) is 21.5. The van der Waals surface area contributed by atoms with E-state index in [9.17, 15) is 29.7 Å². The van der Waals surface area contributed by atoms with Crippen LogP contribution in [-0.4, -0.2) is 40.0 Å². The highest BCUT2D eigenvalue weighted by molar-refractivity contribution is 6.31. The molecule has 2 aromatic carbocycles. The molecule has 3 rings (SSSR count). The van der Waals surface area contributed by atoms with Crippen molar-refractivity contribution in [1.29, 1.82) is 0 Å². The summed E-state index contributed by atoms with van der Waals surface area (Å²) in [6, 6.07) is 3.42. The molecule has 0 aromatic heterocycles. The van der Waals surface area contributed by atoms with Gasteiger partial charge in [-0.1, -0.05) is 18.6 Å². The fourth-order valence-corrected chi connectivity index (χ4v) is 3.58. The normalized spacial score (nSPS) is 13.1. The second-order valence-electron chi connectivity index (χ2n) is 6.70. The summed E-state index contributed by atoms with van der Waals surface area (Å²) in [5.74, 6) is -3.92. The van der Waals surface area contributed by atoms with Crippen molar-refractivity contribution in [3.05, 3.63) is 63.2 Å². The predicted octanol–water partition coefficient (Wildman–Crippen LogP) is 3.26. The Morgan fingerprint density at radius 3 is 2.28 bits per heavy atom. The van der Waals surface area contributed by atoms with E-state index in [4.69, 9.17) is 4.74 Å². The molecule has 0 saturated heterocycles. The number of carbonyl (C=O) groups is 3. The quantitative estimate of drug-likeness (QED) is 0.457. The summed E-state index contributed by atoms with van der Waals surface area (Å²) in [6.07, 6.45) is 2.83. The highest BCUT2D eigenvalue weighted by atomic mass is 16.5. The van der Waals surface area contributed by atoms with Gasteiger partial charge in [-0.25, -0.2) is 4.79 Å². The van der Waals surface area contributed by atoms with E-state index in [1.54, 1.807) is 0 Å². The van der Waals surface area contributed by atoms with Crippen LogP contribution in [0.3, 0.4) is 0 Å². The lowest BCUT2D eigenvalue weighted by Gasteiger charge is -2.22. The number of ketones is 2. The van der Waals surface area contributed by atoms with Gasteiger partial charge in [0.1, 0.15) is 22.8 Å². The molecule has 7 heteroatoms. The molecule has 150 valence electrons. The number of phenolic OH excluding ortho intramolecular Hbond substituents is 3. The van der Waals surface area contributed by atoms with Crippen molar-refractivity contribution in [2.75, 3.05) is 7.11 Å². The van der Waals surface area contributed by atoms with Gasteiger partial charge in [-0.3, -0.25) is 9.59 Å². The third-order valence-electron chi connectivity index (χ3n) is 5.10. The fourth-order valence-electron chi connectivity index (χ4n) is 3.58. The molecule has 1 aliphatic rings. The van der Waals surface area contributed by atoms with Crippen LogP contribution in [0.1, 0.15) is 68.0 Å². The molecule has 7 nitrogen and oxygen atoms in total. The van der Waals surface area contributed by atoms with Crippen molar-refractivity contribution < 1.29 is 34.4 Å². The summed E-state index contributed by atoms with van der Waals surface area (Å²) >= 11 is 0. The van der Waals surface area contributed by atoms with E-state index < -0.39 is 29.0 Å². The maximum absolute atomic E-state index is 13.0. The van der Waals surface area contributed by atoms with E-state index in [0.29, 0.717) is 12.0 Å². The molecule has 0 heterocycles. The first-order valence-corrected chi connectivity index (χ1v) is 9.01. The summed E-state index contributed by atoms with van der Waals surface area (Å²) < 4.78 is 4.77. The van der Waals surface area contributed by atoms with Crippen molar-refractivity contribution in [1.82, 2.24) is 0 Å². The van der Waals surface area contributed by atoms with Gasteiger partial charge in [0.25, 0.3) is 0 Å². The zero-order valence-electron chi connectivity index (χ0n) is 16.2. The Kier molecular flexibility index (Phi) is 5.16. The lowest BCUT2D eigenvalue weighted by molar-refractivity contribution is 0.0595. The molecule has 1 aliphatic carbocycles. The van der Waals surface area contributed by atoms with Crippen LogP contribution >= 0.6 is 0 Å². The number of carbonyl (C=O) groups excluding carboxylic acids is 3. The Bertz CT molecular complexity index is 1090. The lowest BCUT2D eigenvalue weighted by atomic mass is 9.80. The first-order valence-electron chi connectivity index (χ1n) is 9.01. The number of allylic oxidation sites excluding steroid dienone is 2. The molecule has 0 saturated carbocycles. The van der Waals surface area contributed by atoms with Crippen LogP contribution in [0.5, 0.6) is 17.2 Å². The highest BCUT2D eigenvalue weighted by Crippen LogP contribution is 2.41. The predicted molar refractivity (Wildman–Crippen MR) is 104 cm³/mol. The summed E-state index contributed by atoms with van der Waals surface area (Å²) in [7, 11) is 1.15. The lowest BCUT2D eigenvalue weighted by Crippen LogP contribution is -2.23. The standard InChI is InChI=1S/C22H20O7/c1-4-10(5-2)6-11-7-13-18(20(26)16(11)22(28)29-3)21(27)17-14(19(13)25)8-12(23)9-15(17)24/h4,7-9,23-24,26H,5-6H2,1-3H3. The molecular weight excluding hydrogens is 376 g/mol. The van der Waals surface area contributed by atoms with Gasteiger partial charge >= 0.3 is 5.97 Å². The SMILES string of the molecule is CC=C(CC)Cc1cc2c(c(O)c1C(=O)OC)C(=O)c1c(O)cc(O)cc1C2=O. The van der Waals surface area contributed by atoms with Crippen molar-refractivity contribution in [3.8, 4) is 17.2 Å². The van der Waals surface area contributed by atoms with Crippen LogP contribution in [0.2, 0.25) is 0 Å². The molecule has 0 fully saturated rings. The van der Waals surface area contributed by atoms with Crippen molar-refractivity contribution >= 4 is 17.5 Å². The van der Waals surface area contributed by atoms with E-state index >= 15 is 0 Å². The first-order chi connectivity index (χ1) is 13.7. The van der Waals surface area contributed by atoms with Gasteiger partial charge in [-0.05, 0) is 37.5 Å². The number of ether oxygens (including phenoxy) is 1. The smallest absolute Gasteiger partial charge is 0.341 e. The molecule has 0 bridgehead atoms. The van der Waals surface area contributed by atoms with Gasteiger partial charge in [0.2, 0.25) is 5.78 Å². The molecule has 0 spiro atoms. The van der Waals surface area contributed by atoms with E-state index in [-0.39, 0.29) is 40.0 Å². The average Bonchev–Trinajstić information content (AvgIpc) is 2.68. The van der Waals surface area contributed by atoms with E-state index in [2.05, 4.69) is 0 Å². The number of hydrogen-bond donors (Lipinski definition) is 3. The van der Waals surface area contributed by atoms with E-state index in [0.717, 1.165) is 24.8 Å². The Hall–Kier alpha value is -3.61. The maximum Gasteiger partial charge on any atom is 0.341 e. The molecule has 29 heavy (non-hydrogen) atoms. The molecule has 0 aliphatic heterocycles. The van der Waals surface area contributed by atoms with Gasteiger partial charge in [-0.2, -0.15) is 0 Å². The van der Waals surface area contributed by atoms with Crippen LogP contribution in [0, 0.1) is 0 Å². The number of hydrogen-bond acceptors (Lipinski definition) is 7. The number of esters is 1. The van der Waals surface area contributed by atoms with Crippen molar-refractivity contribution in [3.63, 3.8) is 0 Å². The third kappa shape index (κ3) is 3.14. The summed E-state index contributed by atoms with van der Waals surface area (Å²) in [6.45, 7) is 3.77. The Balaban J connectivity index is 2.34. The number of methoxy groups -OCH3 is 1. The van der Waals surface area contributed by atoms with Gasteiger partial charge < -0.3 is 20.1 Å². The molecule has 3 N–H and O–H groups in total. The number of benzene rings is 2. The molecule has 0 atom stereocenters. The fraction of sp³-hybridized carbons (Fsp3) is 0.227. The van der Waals surface area contributed by atoms with E-state index in [1.807, 2.05) is 19.9 Å². The second kappa shape index (κ2) is 7.43.